The van der Waals surface area contributed by atoms with Gasteiger partial charge in [-0.05, 0) is 18.8 Å². The van der Waals surface area contributed by atoms with E-state index in [1.807, 2.05) is 0 Å². The van der Waals surface area contributed by atoms with Crippen molar-refractivity contribution in [1.82, 2.24) is 10.2 Å². The fraction of sp³-hybridized carbons (Fsp3) is 1.00. The Morgan fingerprint density at radius 2 is 2.30 bits per heavy atom. The number of rotatable bonds is 0. The van der Waals surface area contributed by atoms with Crippen molar-refractivity contribution >= 4 is 0 Å². The van der Waals surface area contributed by atoms with Crippen molar-refractivity contribution in [1.29, 1.82) is 0 Å². The van der Waals surface area contributed by atoms with Crippen molar-refractivity contribution in [3.05, 3.63) is 0 Å². The Morgan fingerprint density at radius 3 is 3.20 bits per heavy atom. The van der Waals surface area contributed by atoms with Gasteiger partial charge in [-0.2, -0.15) is 0 Å². The maximum Gasteiger partial charge on any atom is 0.0484 e. The van der Waals surface area contributed by atoms with Crippen LogP contribution in [-0.4, -0.2) is 30.7 Å². The van der Waals surface area contributed by atoms with Crippen molar-refractivity contribution < 1.29 is 0 Å². The third kappa shape index (κ3) is 1.06. The summed E-state index contributed by atoms with van der Waals surface area (Å²) in [5.41, 5.74) is 0. The van der Waals surface area contributed by atoms with Gasteiger partial charge in [-0.1, -0.05) is 6.92 Å². The van der Waals surface area contributed by atoms with Gasteiger partial charge in [0.1, 0.15) is 0 Å². The first kappa shape index (κ1) is 6.62. The van der Waals surface area contributed by atoms with E-state index in [1.165, 1.54) is 25.9 Å². The summed E-state index contributed by atoms with van der Waals surface area (Å²) >= 11 is 0. The summed E-state index contributed by atoms with van der Waals surface area (Å²) < 4.78 is 0. The van der Waals surface area contributed by atoms with Crippen LogP contribution in [0.4, 0.5) is 0 Å². The highest BCUT2D eigenvalue weighted by Gasteiger charge is 2.29. The lowest BCUT2D eigenvalue weighted by Gasteiger charge is -2.32. The number of nitrogens with one attached hydrogen (secondary N) is 1. The minimum absolute atomic E-state index is 0.871. The normalized spacial score (nSPS) is 41.7. The lowest BCUT2D eigenvalue weighted by Crippen LogP contribution is -2.39. The highest BCUT2D eigenvalue weighted by atomic mass is 15.3. The molecule has 0 aromatic carbocycles. The van der Waals surface area contributed by atoms with Crippen LogP contribution >= 0.6 is 0 Å². The number of hydrogen-bond acceptors (Lipinski definition) is 2. The van der Waals surface area contributed by atoms with Gasteiger partial charge >= 0.3 is 0 Å². The number of fused-ring (bicyclic) bond motifs is 1. The van der Waals surface area contributed by atoms with Crippen molar-refractivity contribution in [2.24, 2.45) is 5.92 Å². The molecule has 0 bridgehead atoms. The molecule has 2 heteroatoms. The van der Waals surface area contributed by atoms with Gasteiger partial charge in [-0.25, -0.2) is 0 Å². The van der Waals surface area contributed by atoms with Crippen LogP contribution < -0.4 is 5.32 Å². The van der Waals surface area contributed by atoms with Crippen LogP contribution in [0.5, 0.6) is 0 Å². The maximum absolute atomic E-state index is 3.41. The van der Waals surface area contributed by atoms with Crippen LogP contribution in [0.15, 0.2) is 0 Å². The summed E-state index contributed by atoms with van der Waals surface area (Å²) in [6, 6.07) is 0.871. The molecule has 0 amide bonds. The molecule has 2 saturated heterocycles. The molecule has 58 valence electrons. The van der Waals surface area contributed by atoms with E-state index in [9.17, 15) is 0 Å². The van der Waals surface area contributed by atoms with E-state index >= 15 is 0 Å². The first-order valence-electron chi connectivity index (χ1n) is 4.31. The molecule has 0 radical (unpaired) electrons. The predicted octanol–water partition coefficient (Wildman–Crippen LogP) is 0.648. The van der Waals surface area contributed by atoms with Crippen molar-refractivity contribution in [3.8, 4) is 0 Å². The third-order valence-corrected chi connectivity index (χ3v) is 2.75. The average Bonchev–Trinajstić information content (AvgIpc) is 2.33. The van der Waals surface area contributed by atoms with E-state index in [1.54, 1.807) is 0 Å². The standard InChI is InChI=1S/C8H16N2/c1-7-2-3-8-4-9-6-10(8)5-7/h7-9H,2-6H2,1H3/t7-,8?/m0/s1. The summed E-state index contributed by atoms with van der Waals surface area (Å²) in [7, 11) is 0. The van der Waals surface area contributed by atoms with Crippen LogP contribution in [0, 0.1) is 5.92 Å². The largest absolute Gasteiger partial charge is 0.303 e. The average molecular weight is 140 g/mol. The van der Waals surface area contributed by atoms with Gasteiger partial charge < -0.3 is 5.32 Å². The molecule has 1 unspecified atom stereocenters. The molecule has 2 fully saturated rings. The molecule has 0 aromatic heterocycles. The molecule has 2 rings (SSSR count). The summed E-state index contributed by atoms with van der Waals surface area (Å²) in [6.45, 7) is 6.04. The highest BCUT2D eigenvalue weighted by molar-refractivity contribution is 4.85. The zero-order valence-corrected chi connectivity index (χ0v) is 6.64. The zero-order chi connectivity index (χ0) is 6.97. The van der Waals surface area contributed by atoms with Crippen molar-refractivity contribution in [3.63, 3.8) is 0 Å². The Kier molecular flexibility index (Phi) is 1.66. The second kappa shape index (κ2) is 2.51. The van der Waals surface area contributed by atoms with Crippen LogP contribution in [-0.2, 0) is 0 Å². The molecule has 0 spiro atoms. The fourth-order valence-corrected chi connectivity index (χ4v) is 2.10. The molecular formula is C8H16N2. The lowest BCUT2D eigenvalue weighted by atomic mass is 9.96. The van der Waals surface area contributed by atoms with E-state index in [0.717, 1.165) is 18.6 Å². The van der Waals surface area contributed by atoms with E-state index in [2.05, 4.69) is 17.1 Å². The Morgan fingerprint density at radius 1 is 1.40 bits per heavy atom. The molecule has 10 heavy (non-hydrogen) atoms. The van der Waals surface area contributed by atoms with E-state index in [0.29, 0.717) is 0 Å². The molecule has 2 nitrogen and oxygen atoms in total. The molecule has 2 heterocycles. The van der Waals surface area contributed by atoms with Crippen molar-refractivity contribution in [2.45, 2.75) is 25.8 Å². The predicted molar refractivity (Wildman–Crippen MR) is 41.8 cm³/mol. The molecule has 2 aliphatic rings. The molecular weight excluding hydrogens is 124 g/mol. The second-order valence-electron chi connectivity index (χ2n) is 3.72. The quantitative estimate of drug-likeness (QED) is 0.531. The second-order valence-corrected chi connectivity index (χ2v) is 3.72. The van der Waals surface area contributed by atoms with Gasteiger partial charge in [-0.3, -0.25) is 4.90 Å². The SMILES string of the molecule is C[C@H]1CCC2CNCN2C1. The van der Waals surface area contributed by atoms with E-state index in [-0.39, 0.29) is 0 Å². The fourth-order valence-electron chi connectivity index (χ4n) is 2.10. The Bertz CT molecular complexity index is 124. The van der Waals surface area contributed by atoms with Gasteiger partial charge in [0.2, 0.25) is 0 Å². The van der Waals surface area contributed by atoms with Crippen LogP contribution in [0.1, 0.15) is 19.8 Å². The van der Waals surface area contributed by atoms with E-state index < -0.39 is 0 Å². The minimum Gasteiger partial charge on any atom is -0.303 e. The highest BCUT2D eigenvalue weighted by Crippen LogP contribution is 2.22. The van der Waals surface area contributed by atoms with Gasteiger partial charge in [0.05, 0.1) is 0 Å². The smallest absolute Gasteiger partial charge is 0.0484 e. The first-order valence-corrected chi connectivity index (χ1v) is 4.31. The Hall–Kier alpha value is -0.0800. The molecule has 2 atom stereocenters. The number of piperidine rings is 1. The third-order valence-electron chi connectivity index (χ3n) is 2.75. The number of nitrogens with zero attached hydrogens (tertiary/aromatic N) is 1. The zero-order valence-electron chi connectivity index (χ0n) is 6.64. The van der Waals surface area contributed by atoms with Crippen LogP contribution in [0.25, 0.3) is 0 Å². The topological polar surface area (TPSA) is 15.3 Å². The summed E-state index contributed by atoms with van der Waals surface area (Å²) in [4.78, 5) is 2.58. The summed E-state index contributed by atoms with van der Waals surface area (Å²) in [6.07, 6.45) is 2.84. The summed E-state index contributed by atoms with van der Waals surface area (Å²) in [5.74, 6) is 0.927. The Labute approximate surface area is 62.6 Å². The minimum atomic E-state index is 0.871. The molecule has 2 aliphatic heterocycles. The number of hydrogen-bond donors (Lipinski definition) is 1. The molecule has 0 aromatic rings. The van der Waals surface area contributed by atoms with E-state index in [4.69, 9.17) is 0 Å². The maximum atomic E-state index is 3.41. The van der Waals surface area contributed by atoms with Crippen LogP contribution in [0.3, 0.4) is 0 Å². The van der Waals surface area contributed by atoms with Crippen LogP contribution in [0.2, 0.25) is 0 Å². The molecule has 0 aliphatic carbocycles. The lowest BCUT2D eigenvalue weighted by molar-refractivity contribution is 0.160. The van der Waals surface area contributed by atoms with Gasteiger partial charge in [0, 0.05) is 25.8 Å². The summed E-state index contributed by atoms with van der Waals surface area (Å²) in [5, 5.41) is 3.41. The Balaban J connectivity index is 1.96. The van der Waals surface area contributed by atoms with Gasteiger partial charge in [-0.15, -0.1) is 0 Å². The molecule has 1 N–H and O–H groups in total. The first-order chi connectivity index (χ1) is 4.86. The van der Waals surface area contributed by atoms with Gasteiger partial charge in [0.25, 0.3) is 0 Å². The van der Waals surface area contributed by atoms with Gasteiger partial charge in [0.15, 0.2) is 0 Å². The van der Waals surface area contributed by atoms with Crippen molar-refractivity contribution in [2.75, 3.05) is 19.8 Å². The monoisotopic (exact) mass is 140 g/mol. The molecule has 0 saturated carbocycles.